The van der Waals surface area contributed by atoms with Crippen LogP contribution in [-0.2, 0) is 16.1 Å². The van der Waals surface area contributed by atoms with Crippen LogP contribution in [0.1, 0.15) is 22.2 Å². The summed E-state index contributed by atoms with van der Waals surface area (Å²) in [7, 11) is 1.36. The third-order valence-electron chi connectivity index (χ3n) is 4.34. The van der Waals surface area contributed by atoms with E-state index in [1.54, 1.807) is 18.0 Å². The molecular formula is C22H22N2O3S. The normalized spacial score (nSPS) is 11.6. The first-order chi connectivity index (χ1) is 13.6. The molecule has 1 heterocycles. The van der Waals surface area contributed by atoms with Gasteiger partial charge in [0.25, 0.3) is 5.91 Å². The fraction of sp³-hybridized carbons (Fsp3) is 0.227. The monoisotopic (exact) mass is 394 g/mol. The quantitative estimate of drug-likeness (QED) is 0.562. The van der Waals surface area contributed by atoms with E-state index in [1.807, 2.05) is 60.7 Å². The van der Waals surface area contributed by atoms with Gasteiger partial charge < -0.3 is 9.64 Å². The molecule has 0 aliphatic heterocycles. The lowest BCUT2D eigenvalue weighted by Gasteiger charge is -2.24. The molecule has 0 aliphatic carbocycles. The van der Waals surface area contributed by atoms with Crippen molar-refractivity contribution in [2.24, 2.45) is 5.92 Å². The van der Waals surface area contributed by atoms with Gasteiger partial charge in [-0.05, 0) is 5.56 Å². The van der Waals surface area contributed by atoms with Crippen molar-refractivity contribution >= 4 is 23.2 Å². The molecule has 144 valence electrons. The summed E-state index contributed by atoms with van der Waals surface area (Å²) in [5.41, 5.74) is 1.98. The Bertz CT molecular complexity index is 925. The standard InChI is InChI=1S/C22H22N2O3S/c1-16(22(26)27-2)14-24(15-17-9-5-3-6-10-17)21(25)19-13-23-20(28-19)18-11-7-4-8-12-18/h3-13,16H,14-15H2,1-2H3. The summed E-state index contributed by atoms with van der Waals surface area (Å²) in [5, 5.41) is 0.796. The van der Waals surface area contributed by atoms with E-state index >= 15 is 0 Å². The molecule has 0 aliphatic rings. The van der Waals surface area contributed by atoms with Gasteiger partial charge in [-0.3, -0.25) is 9.59 Å². The van der Waals surface area contributed by atoms with Crippen molar-refractivity contribution in [2.75, 3.05) is 13.7 Å². The minimum Gasteiger partial charge on any atom is -0.469 e. The first kappa shape index (κ1) is 19.8. The van der Waals surface area contributed by atoms with Crippen LogP contribution >= 0.6 is 11.3 Å². The molecule has 0 saturated heterocycles. The SMILES string of the molecule is COC(=O)C(C)CN(Cc1ccccc1)C(=O)c1cnc(-c2ccccc2)s1. The molecule has 5 nitrogen and oxygen atoms in total. The first-order valence-electron chi connectivity index (χ1n) is 9.00. The lowest BCUT2D eigenvalue weighted by molar-refractivity contribution is -0.145. The number of aromatic nitrogens is 1. The molecule has 0 spiro atoms. The number of methoxy groups -OCH3 is 1. The second-order valence-electron chi connectivity index (χ2n) is 6.49. The lowest BCUT2D eigenvalue weighted by Crippen LogP contribution is -2.36. The molecular weight excluding hydrogens is 372 g/mol. The van der Waals surface area contributed by atoms with Crippen molar-refractivity contribution < 1.29 is 14.3 Å². The largest absolute Gasteiger partial charge is 0.469 e. The van der Waals surface area contributed by atoms with Crippen LogP contribution in [0.4, 0.5) is 0 Å². The topological polar surface area (TPSA) is 59.5 Å². The second kappa shape index (κ2) is 9.28. The highest BCUT2D eigenvalue weighted by Gasteiger charge is 2.24. The van der Waals surface area contributed by atoms with Crippen LogP contribution in [0.25, 0.3) is 10.6 Å². The highest BCUT2D eigenvalue weighted by atomic mass is 32.1. The van der Waals surface area contributed by atoms with E-state index in [0.717, 1.165) is 16.1 Å². The lowest BCUT2D eigenvalue weighted by atomic mass is 10.1. The van der Waals surface area contributed by atoms with E-state index in [0.29, 0.717) is 11.4 Å². The maximum Gasteiger partial charge on any atom is 0.310 e. The minimum atomic E-state index is -0.417. The number of carbonyl (C=O) groups is 2. The first-order valence-corrected chi connectivity index (χ1v) is 9.82. The number of nitrogens with zero attached hydrogens (tertiary/aromatic N) is 2. The Morgan fingerprint density at radius 3 is 2.36 bits per heavy atom. The number of hydrogen-bond acceptors (Lipinski definition) is 5. The molecule has 3 rings (SSSR count). The Hall–Kier alpha value is -2.99. The second-order valence-corrected chi connectivity index (χ2v) is 7.52. The van der Waals surface area contributed by atoms with E-state index < -0.39 is 5.92 Å². The molecule has 2 aromatic carbocycles. The van der Waals surface area contributed by atoms with Crippen LogP contribution in [0.3, 0.4) is 0 Å². The van der Waals surface area contributed by atoms with Crippen molar-refractivity contribution in [3.63, 3.8) is 0 Å². The zero-order valence-corrected chi connectivity index (χ0v) is 16.7. The summed E-state index contributed by atoms with van der Waals surface area (Å²) < 4.78 is 4.82. The molecule has 28 heavy (non-hydrogen) atoms. The van der Waals surface area contributed by atoms with Crippen molar-refractivity contribution in [1.29, 1.82) is 0 Å². The van der Waals surface area contributed by atoms with Gasteiger partial charge in [0.05, 0.1) is 19.2 Å². The average Bonchev–Trinajstić information content (AvgIpc) is 3.23. The molecule has 0 radical (unpaired) electrons. The van der Waals surface area contributed by atoms with E-state index in [1.165, 1.54) is 18.4 Å². The summed E-state index contributed by atoms with van der Waals surface area (Å²) in [6, 6.07) is 19.5. The van der Waals surface area contributed by atoms with Gasteiger partial charge in [0, 0.05) is 18.7 Å². The maximum atomic E-state index is 13.2. The minimum absolute atomic E-state index is 0.140. The van der Waals surface area contributed by atoms with Crippen LogP contribution in [0, 0.1) is 5.92 Å². The van der Waals surface area contributed by atoms with Crippen LogP contribution in [0.15, 0.2) is 66.9 Å². The average molecular weight is 394 g/mol. The Labute approximate surface area is 168 Å². The zero-order valence-electron chi connectivity index (χ0n) is 15.9. The zero-order chi connectivity index (χ0) is 19.9. The summed E-state index contributed by atoms with van der Waals surface area (Å²) in [4.78, 5) is 31.7. The van der Waals surface area contributed by atoms with Crippen molar-refractivity contribution in [3.05, 3.63) is 77.3 Å². The number of carbonyl (C=O) groups excluding carboxylic acids is 2. The Morgan fingerprint density at radius 2 is 1.71 bits per heavy atom. The number of amides is 1. The van der Waals surface area contributed by atoms with Crippen LogP contribution in [0.2, 0.25) is 0 Å². The van der Waals surface area contributed by atoms with Crippen LogP contribution in [0.5, 0.6) is 0 Å². The predicted octanol–water partition coefficient (Wildman–Crippen LogP) is 4.26. The highest BCUT2D eigenvalue weighted by molar-refractivity contribution is 7.16. The van der Waals surface area contributed by atoms with Gasteiger partial charge in [0.2, 0.25) is 0 Å². The Kier molecular flexibility index (Phi) is 6.55. The third-order valence-corrected chi connectivity index (χ3v) is 5.37. The Morgan fingerprint density at radius 1 is 1.07 bits per heavy atom. The summed E-state index contributed by atoms with van der Waals surface area (Å²) in [6.45, 7) is 2.46. The fourth-order valence-corrected chi connectivity index (χ4v) is 3.76. The molecule has 1 atom stereocenters. The summed E-state index contributed by atoms with van der Waals surface area (Å²) >= 11 is 1.36. The molecule has 6 heteroatoms. The van der Waals surface area contributed by atoms with Crippen molar-refractivity contribution in [2.45, 2.75) is 13.5 Å². The van der Waals surface area contributed by atoms with Gasteiger partial charge in [-0.15, -0.1) is 11.3 Å². The van der Waals surface area contributed by atoms with E-state index in [-0.39, 0.29) is 18.4 Å². The molecule has 0 saturated carbocycles. The number of benzene rings is 2. The van der Waals surface area contributed by atoms with Gasteiger partial charge >= 0.3 is 5.97 Å². The molecule has 1 aromatic heterocycles. The molecule has 3 aromatic rings. The number of ether oxygens (including phenoxy) is 1. The molecule has 0 bridgehead atoms. The van der Waals surface area contributed by atoms with Gasteiger partial charge in [-0.2, -0.15) is 0 Å². The van der Waals surface area contributed by atoms with E-state index in [4.69, 9.17) is 4.74 Å². The smallest absolute Gasteiger partial charge is 0.310 e. The number of hydrogen-bond donors (Lipinski definition) is 0. The molecule has 0 fully saturated rings. The van der Waals surface area contributed by atoms with E-state index in [2.05, 4.69) is 4.98 Å². The number of thiazole rings is 1. The maximum absolute atomic E-state index is 13.2. The van der Waals surface area contributed by atoms with Crippen molar-refractivity contribution in [3.8, 4) is 10.6 Å². The van der Waals surface area contributed by atoms with Gasteiger partial charge in [-0.25, -0.2) is 4.98 Å². The van der Waals surface area contributed by atoms with Crippen LogP contribution in [-0.4, -0.2) is 35.4 Å². The van der Waals surface area contributed by atoms with Gasteiger partial charge in [-0.1, -0.05) is 67.6 Å². The number of esters is 1. The predicted molar refractivity (Wildman–Crippen MR) is 110 cm³/mol. The highest BCUT2D eigenvalue weighted by Crippen LogP contribution is 2.26. The fourth-order valence-electron chi connectivity index (χ4n) is 2.87. The summed E-state index contributed by atoms with van der Waals surface area (Å²) in [6.07, 6.45) is 1.61. The third kappa shape index (κ3) is 4.84. The van der Waals surface area contributed by atoms with Gasteiger partial charge in [0.15, 0.2) is 0 Å². The van der Waals surface area contributed by atoms with Gasteiger partial charge in [0.1, 0.15) is 9.88 Å². The van der Waals surface area contributed by atoms with Crippen molar-refractivity contribution in [1.82, 2.24) is 9.88 Å². The van der Waals surface area contributed by atoms with Crippen LogP contribution < -0.4 is 0 Å². The molecule has 0 N–H and O–H groups in total. The molecule has 1 amide bonds. The molecule has 1 unspecified atom stereocenters. The Balaban J connectivity index is 1.83. The number of rotatable bonds is 7. The summed E-state index contributed by atoms with van der Waals surface area (Å²) in [5.74, 6) is -0.890. The van der Waals surface area contributed by atoms with E-state index in [9.17, 15) is 9.59 Å².